The maximum Gasteiger partial charge on any atom is 0.348 e. The number of hydrogen-bond acceptors (Lipinski definition) is 2. The molecule has 0 aliphatic carbocycles. The summed E-state index contributed by atoms with van der Waals surface area (Å²) in [5.74, 6) is 0. The zero-order valence-corrected chi connectivity index (χ0v) is 5.42. The van der Waals surface area contributed by atoms with Gasteiger partial charge in [-0.25, -0.2) is 0 Å². The third kappa shape index (κ3) is 3.09. The highest BCUT2D eigenvalue weighted by atomic mass is 19.3. The van der Waals surface area contributed by atoms with Gasteiger partial charge in [-0.2, -0.15) is 17.6 Å². The Bertz CT molecular complexity index is 165. The van der Waals surface area contributed by atoms with Gasteiger partial charge in [0.1, 0.15) is 6.04 Å². The van der Waals surface area contributed by atoms with Crippen molar-refractivity contribution in [3.63, 3.8) is 0 Å². The van der Waals surface area contributed by atoms with E-state index in [-0.39, 0.29) is 5.54 Å². The number of halogens is 6. The minimum absolute atomic E-state index is 0.116. The van der Waals surface area contributed by atoms with E-state index in [4.69, 9.17) is 0 Å². The largest absolute Gasteiger partial charge is 0.348 e. The molecule has 0 saturated heterocycles. The first kappa shape index (κ1) is 11.2. The molecule has 12 heavy (non-hydrogen) atoms. The quantitative estimate of drug-likeness (QED) is 0.404. The number of hydrogen-bond donors (Lipinski definition) is 2. The fourth-order valence-electron chi connectivity index (χ4n) is 0.389. The Labute approximate surface area is 63.1 Å². The van der Waals surface area contributed by atoms with Crippen molar-refractivity contribution in [2.24, 2.45) is 0 Å². The number of alkyl halides is 2. The second-order valence-electron chi connectivity index (χ2n) is 1.76. The highest BCUT2D eigenvalue weighted by Gasteiger charge is 2.39. The summed E-state index contributed by atoms with van der Waals surface area (Å²) in [6.07, 6.45) is -2.99. The van der Waals surface area contributed by atoms with E-state index in [0.717, 1.165) is 0 Å². The molecule has 0 saturated carbocycles. The van der Waals surface area contributed by atoms with Gasteiger partial charge in [0.05, 0.1) is 0 Å². The molecule has 0 aromatic heterocycles. The van der Waals surface area contributed by atoms with Crippen LogP contribution in [0.3, 0.4) is 0 Å². The Morgan fingerprint density at radius 3 is 2.00 bits per heavy atom. The van der Waals surface area contributed by atoms with Crippen LogP contribution in [0.1, 0.15) is 0 Å². The Morgan fingerprint density at radius 1 is 1.25 bits per heavy atom. The van der Waals surface area contributed by atoms with Crippen LogP contribution in [0.15, 0.2) is 12.2 Å². The van der Waals surface area contributed by atoms with Gasteiger partial charge in [0, 0.05) is 6.08 Å². The molecule has 0 radical (unpaired) electrons. The van der Waals surface area contributed by atoms with Crippen LogP contribution in [0.5, 0.6) is 0 Å². The molecule has 0 bridgehead atoms. The van der Waals surface area contributed by atoms with Crippen LogP contribution in [0.2, 0.25) is 0 Å². The summed E-state index contributed by atoms with van der Waals surface area (Å²) in [5.41, 5.74) is 0.200. The fraction of sp³-hybridized carbons (Fsp3) is 0.500. The monoisotopic (exact) mass is 194 g/mol. The first-order valence-electron chi connectivity index (χ1n) is 2.58. The van der Waals surface area contributed by atoms with Crippen molar-refractivity contribution >= 4 is 0 Å². The molecular weight excluding hydrogens is 190 g/mol. The molecule has 0 amide bonds. The van der Waals surface area contributed by atoms with Crippen LogP contribution in [-0.4, -0.2) is 12.1 Å². The van der Waals surface area contributed by atoms with Crippen LogP contribution in [-0.2, 0) is 0 Å². The first-order valence-corrected chi connectivity index (χ1v) is 2.58. The highest BCUT2D eigenvalue weighted by Crippen LogP contribution is 2.18. The molecule has 2 N–H and O–H groups in total. The van der Waals surface area contributed by atoms with Crippen LogP contribution >= 0.6 is 0 Å². The summed E-state index contributed by atoms with van der Waals surface area (Å²) < 4.78 is 69.2. The van der Waals surface area contributed by atoms with Crippen molar-refractivity contribution in [3.05, 3.63) is 12.2 Å². The molecule has 0 rings (SSSR count). The van der Waals surface area contributed by atoms with E-state index < -0.39 is 24.2 Å². The molecule has 1 unspecified atom stereocenters. The van der Waals surface area contributed by atoms with Gasteiger partial charge in [-0.3, -0.25) is 0 Å². The molecule has 72 valence electrons. The van der Waals surface area contributed by atoms with E-state index in [1.165, 1.54) is 0 Å². The summed E-state index contributed by atoms with van der Waals surface area (Å²) in [5, 5.41) is 0. The third-order valence-corrected chi connectivity index (χ3v) is 0.927. The van der Waals surface area contributed by atoms with Crippen molar-refractivity contribution in [3.8, 4) is 0 Å². The molecular formula is C4H4F6N2. The summed E-state index contributed by atoms with van der Waals surface area (Å²) in [6.45, 7) is 0. The second-order valence-corrected chi connectivity index (χ2v) is 1.76. The van der Waals surface area contributed by atoms with Crippen molar-refractivity contribution in [2.75, 3.05) is 0 Å². The van der Waals surface area contributed by atoms with E-state index in [0.29, 0.717) is 5.54 Å². The molecule has 2 nitrogen and oxygen atoms in total. The van der Waals surface area contributed by atoms with Gasteiger partial charge in [0.2, 0.25) is 0 Å². The fourth-order valence-corrected chi connectivity index (χ4v) is 0.389. The highest BCUT2D eigenvalue weighted by molar-refractivity contribution is 4.97. The first-order chi connectivity index (χ1) is 5.44. The van der Waals surface area contributed by atoms with Crippen LogP contribution in [0, 0.1) is 0 Å². The summed E-state index contributed by atoms with van der Waals surface area (Å²) >= 11 is 0. The van der Waals surface area contributed by atoms with E-state index in [1.807, 2.05) is 0 Å². The van der Waals surface area contributed by atoms with E-state index in [2.05, 4.69) is 0 Å². The van der Waals surface area contributed by atoms with Gasteiger partial charge in [0.25, 0.3) is 6.08 Å². The predicted octanol–water partition coefficient (Wildman–Crippen LogP) is 1.68. The van der Waals surface area contributed by atoms with E-state index in [9.17, 15) is 26.5 Å². The van der Waals surface area contributed by atoms with E-state index >= 15 is 0 Å². The van der Waals surface area contributed by atoms with Crippen molar-refractivity contribution in [1.29, 1.82) is 0 Å². The molecule has 0 aliphatic heterocycles. The maximum absolute atomic E-state index is 12.0. The Balaban J connectivity index is 4.45. The average Bonchev–Trinajstić information content (AvgIpc) is 1.99. The minimum atomic E-state index is -4.42. The van der Waals surface area contributed by atoms with Crippen molar-refractivity contribution < 1.29 is 26.5 Å². The molecule has 0 heterocycles. The van der Waals surface area contributed by atoms with Crippen molar-refractivity contribution in [2.45, 2.75) is 12.1 Å². The van der Waals surface area contributed by atoms with Gasteiger partial charge < -0.3 is 0 Å². The normalized spacial score (nSPS) is 14.2. The van der Waals surface area contributed by atoms with Gasteiger partial charge >= 0.3 is 6.05 Å². The molecule has 0 spiro atoms. The summed E-state index contributed by atoms with van der Waals surface area (Å²) in [6, 6.07) is -7.16. The topological polar surface area (TPSA) is 24.1 Å². The Hall–Kier alpha value is -0.760. The van der Waals surface area contributed by atoms with Gasteiger partial charge in [0.15, 0.2) is 0 Å². The van der Waals surface area contributed by atoms with Gasteiger partial charge in [-0.1, -0.05) is 5.54 Å². The third-order valence-electron chi connectivity index (χ3n) is 0.927. The molecule has 0 aromatic rings. The molecule has 8 heteroatoms. The summed E-state index contributed by atoms with van der Waals surface area (Å²) in [7, 11) is 0. The number of rotatable bonds is 4. The Morgan fingerprint density at radius 2 is 1.75 bits per heavy atom. The smallest absolute Gasteiger partial charge is 0.184 e. The molecule has 0 fully saturated rings. The van der Waals surface area contributed by atoms with Crippen LogP contribution in [0.4, 0.5) is 26.5 Å². The lowest BCUT2D eigenvalue weighted by atomic mass is 10.2. The second kappa shape index (κ2) is 4.31. The molecule has 0 aliphatic rings. The zero-order chi connectivity index (χ0) is 9.78. The number of nitrogens with one attached hydrogen (secondary N) is 2. The van der Waals surface area contributed by atoms with Gasteiger partial charge in [-0.15, -0.1) is 14.5 Å². The lowest BCUT2D eigenvalue weighted by molar-refractivity contribution is -0.115. The SMILES string of the molecule is FNC(C=C(F)F)C(F)(F)NF. The maximum atomic E-state index is 12.0. The van der Waals surface area contributed by atoms with Crippen molar-refractivity contribution in [1.82, 2.24) is 11.1 Å². The average molecular weight is 194 g/mol. The lowest BCUT2D eigenvalue weighted by Gasteiger charge is -2.17. The van der Waals surface area contributed by atoms with Gasteiger partial charge in [-0.05, 0) is 0 Å². The summed E-state index contributed by atoms with van der Waals surface area (Å²) in [4.78, 5) is 0. The van der Waals surface area contributed by atoms with E-state index in [1.54, 1.807) is 0 Å². The standard InChI is InChI=1S/C4H4F6N2/c5-3(6)1-2(11-9)4(7,8)12-10/h1-2,11-12H. The molecule has 1 atom stereocenters. The van der Waals surface area contributed by atoms with Crippen LogP contribution in [0.25, 0.3) is 0 Å². The van der Waals surface area contributed by atoms with Crippen LogP contribution < -0.4 is 11.1 Å². The predicted molar refractivity (Wildman–Crippen MR) is 27.5 cm³/mol. The lowest BCUT2D eigenvalue weighted by Crippen LogP contribution is -2.47. The zero-order valence-electron chi connectivity index (χ0n) is 5.42. The minimum Gasteiger partial charge on any atom is -0.184 e. The molecule has 0 aromatic carbocycles. The Kier molecular flexibility index (Phi) is 4.04.